The highest BCUT2D eigenvalue weighted by Gasteiger charge is 2.27. The predicted molar refractivity (Wildman–Crippen MR) is 117 cm³/mol. The van der Waals surface area contributed by atoms with E-state index >= 15 is 0 Å². The fourth-order valence-corrected chi connectivity index (χ4v) is 6.02. The van der Waals surface area contributed by atoms with Crippen molar-refractivity contribution in [1.82, 2.24) is 24.4 Å². The molecule has 0 unspecified atom stereocenters. The summed E-state index contributed by atoms with van der Waals surface area (Å²) in [6.45, 7) is 2.46. The fraction of sp³-hybridized carbons (Fsp3) is 0.550. The first kappa shape index (κ1) is 22.3. The summed E-state index contributed by atoms with van der Waals surface area (Å²) in [6.07, 6.45) is 3.96. The normalized spacial score (nSPS) is 19.7. The van der Waals surface area contributed by atoms with Crippen LogP contribution in [0, 0.1) is 0 Å². The highest BCUT2D eigenvalue weighted by molar-refractivity contribution is 7.99. The van der Waals surface area contributed by atoms with Crippen LogP contribution in [0.4, 0.5) is 0 Å². The molecule has 1 aromatic heterocycles. The van der Waals surface area contributed by atoms with Crippen LogP contribution in [0.15, 0.2) is 34.3 Å². The third kappa shape index (κ3) is 5.11. The van der Waals surface area contributed by atoms with Crippen LogP contribution in [-0.2, 0) is 26.6 Å². The molecule has 0 bridgehead atoms. The Morgan fingerprint density at radius 1 is 1.19 bits per heavy atom. The number of rotatable bonds is 8. The second-order valence-electron chi connectivity index (χ2n) is 7.73. The third-order valence-corrected chi connectivity index (χ3v) is 8.47. The standard InChI is InChI=1S/C20H27N5O4S2/c1-24-19(15-6-8-17(9-7-15)31(27,28)25-10-2-3-11-25)22-23-20(24)30-14-18(26)21-13-16-5-4-12-29-16/h6-9,16H,2-5,10-14H2,1H3,(H,21,26)/t16-/m1/s1. The van der Waals surface area contributed by atoms with E-state index in [9.17, 15) is 13.2 Å². The highest BCUT2D eigenvalue weighted by atomic mass is 32.2. The number of hydrogen-bond acceptors (Lipinski definition) is 7. The fourth-order valence-electron chi connectivity index (χ4n) is 3.76. The Hall–Kier alpha value is -1.95. The van der Waals surface area contributed by atoms with Crippen LogP contribution < -0.4 is 5.32 Å². The van der Waals surface area contributed by atoms with Gasteiger partial charge in [0, 0.05) is 38.9 Å². The Labute approximate surface area is 186 Å². The maximum absolute atomic E-state index is 12.7. The van der Waals surface area contributed by atoms with Gasteiger partial charge in [-0.3, -0.25) is 4.79 Å². The number of hydrogen-bond donors (Lipinski definition) is 1. The molecule has 2 saturated heterocycles. The van der Waals surface area contributed by atoms with Crippen LogP contribution >= 0.6 is 11.8 Å². The van der Waals surface area contributed by atoms with Crippen molar-refractivity contribution in [2.45, 2.75) is 41.8 Å². The summed E-state index contributed by atoms with van der Waals surface area (Å²) in [5, 5.41) is 11.9. The van der Waals surface area contributed by atoms with Crippen LogP contribution in [0.1, 0.15) is 25.7 Å². The first-order valence-electron chi connectivity index (χ1n) is 10.5. The van der Waals surface area contributed by atoms with Gasteiger partial charge in [-0.25, -0.2) is 8.42 Å². The number of nitrogens with zero attached hydrogens (tertiary/aromatic N) is 4. The van der Waals surface area contributed by atoms with E-state index in [4.69, 9.17) is 4.74 Å². The summed E-state index contributed by atoms with van der Waals surface area (Å²) in [7, 11) is -1.61. The van der Waals surface area contributed by atoms with Gasteiger partial charge in [0.05, 0.1) is 16.8 Å². The van der Waals surface area contributed by atoms with Crippen LogP contribution in [0.2, 0.25) is 0 Å². The zero-order valence-corrected chi connectivity index (χ0v) is 19.1. The molecule has 0 aliphatic carbocycles. The minimum absolute atomic E-state index is 0.0680. The van der Waals surface area contributed by atoms with Crippen molar-refractivity contribution in [3.8, 4) is 11.4 Å². The van der Waals surface area contributed by atoms with Gasteiger partial charge >= 0.3 is 0 Å². The topological polar surface area (TPSA) is 106 Å². The van der Waals surface area contributed by atoms with Gasteiger partial charge in [0.25, 0.3) is 0 Å². The molecule has 1 amide bonds. The van der Waals surface area contributed by atoms with E-state index in [1.165, 1.54) is 16.1 Å². The summed E-state index contributed by atoms with van der Waals surface area (Å²) >= 11 is 1.31. The van der Waals surface area contributed by atoms with E-state index in [0.717, 1.165) is 37.9 Å². The third-order valence-electron chi connectivity index (χ3n) is 5.53. The van der Waals surface area contributed by atoms with E-state index in [-0.39, 0.29) is 22.7 Å². The van der Waals surface area contributed by atoms with Gasteiger partial charge in [-0.15, -0.1) is 10.2 Å². The van der Waals surface area contributed by atoms with E-state index in [1.807, 2.05) is 11.6 Å². The largest absolute Gasteiger partial charge is 0.376 e. The van der Waals surface area contributed by atoms with Crippen molar-refractivity contribution in [3.63, 3.8) is 0 Å². The molecule has 4 rings (SSSR count). The summed E-state index contributed by atoms with van der Waals surface area (Å²) in [4.78, 5) is 12.4. The number of carbonyl (C=O) groups excluding carboxylic acids is 1. The summed E-state index contributed by atoms with van der Waals surface area (Å²) < 4.78 is 34.2. The Morgan fingerprint density at radius 2 is 1.94 bits per heavy atom. The average Bonchev–Trinajstić information content (AvgIpc) is 3.53. The molecule has 3 heterocycles. The highest BCUT2D eigenvalue weighted by Crippen LogP contribution is 2.26. The number of thioether (sulfide) groups is 1. The zero-order chi connectivity index (χ0) is 21.8. The monoisotopic (exact) mass is 465 g/mol. The van der Waals surface area contributed by atoms with Gasteiger partial charge in [-0.2, -0.15) is 4.31 Å². The summed E-state index contributed by atoms with van der Waals surface area (Å²) in [5.41, 5.74) is 0.769. The predicted octanol–water partition coefficient (Wildman–Crippen LogP) is 1.65. The first-order valence-corrected chi connectivity index (χ1v) is 12.9. The van der Waals surface area contributed by atoms with E-state index in [0.29, 0.717) is 30.6 Å². The lowest BCUT2D eigenvalue weighted by molar-refractivity contribution is -0.119. The molecule has 0 saturated carbocycles. The molecule has 1 atom stereocenters. The average molecular weight is 466 g/mol. The maximum Gasteiger partial charge on any atom is 0.243 e. The maximum atomic E-state index is 12.7. The van der Waals surface area contributed by atoms with Gasteiger partial charge in [-0.1, -0.05) is 11.8 Å². The second kappa shape index (κ2) is 9.68. The minimum atomic E-state index is -3.44. The van der Waals surface area contributed by atoms with Gasteiger partial charge in [-0.05, 0) is 49.9 Å². The lowest BCUT2D eigenvalue weighted by atomic mass is 10.2. The van der Waals surface area contributed by atoms with Crippen molar-refractivity contribution in [1.29, 1.82) is 0 Å². The van der Waals surface area contributed by atoms with Crippen LogP contribution in [0.25, 0.3) is 11.4 Å². The van der Waals surface area contributed by atoms with Crippen LogP contribution in [0.5, 0.6) is 0 Å². The molecular weight excluding hydrogens is 438 g/mol. The Kier molecular flexibility index (Phi) is 6.95. The molecule has 168 valence electrons. The number of carbonyl (C=O) groups is 1. The van der Waals surface area contributed by atoms with Crippen LogP contribution in [0.3, 0.4) is 0 Å². The number of ether oxygens (including phenoxy) is 1. The lowest BCUT2D eigenvalue weighted by Crippen LogP contribution is -2.32. The Balaban J connectivity index is 1.36. The molecule has 31 heavy (non-hydrogen) atoms. The molecule has 2 aliphatic heterocycles. The van der Waals surface area contributed by atoms with Gasteiger partial charge in [0.1, 0.15) is 0 Å². The molecule has 2 fully saturated rings. The van der Waals surface area contributed by atoms with E-state index < -0.39 is 10.0 Å². The zero-order valence-electron chi connectivity index (χ0n) is 17.5. The molecule has 1 aromatic carbocycles. The number of nitrogens with one attached hydrogen (secondary N) is 1. The lowest BCUT2D eigenvalue weighted by Gasteiger charge is -2.15. The smallest absolute Gasteiger partial charge is 0.243 e. The van der Waals surface area contributed by atoms with Crippen molar-refractivity contribution in [2.75, 3.05) is 32.0 Å². The molecule has 2 aliphatic rings. The Bertz CT molecular complexity index is 1010. The second-order valence-corrected chi connectivity index (χ2v) is 10.6. The van der Waals surface area contributed by atoms with Crippen LogP contribution in [-0.4, -0.2) is 71.5 Å². The molecule has 0 spiro atoms. The SMILES string of the molecule is Cn1c(SCC(=O)NC[C@H]2CCCO2)nnc1-c1ccc(S(=O)(=O)N2CCCC2)cc1. The van der Waals surface area contributed by atoms with Crippen molar-refractivity contribution < 1.29 is 17.9 Å². The molecular formula is C20H27N5O4S2. The van der Waals surface area contributed by atoms with Gasteiger partial charge < -0.3 is 14.6 Å². The molecule has 11 heteroatoms. The van der Waals surface area contributed by atoms with E-state index in [2.05, 4.69) is 15.5 Å². The first-order chi connectivity index (χ1) is 14.9. The molecule has 9 nitrogen and oxygen atoms in total. The Morgan fingerprint density at radius 3 is 2.61 bits per heavy atom. The van der Waals surface area contributed by atoms with Gasteiger partial charge in [0.15, 0.2) is 11.0 Å². The van der Waals surface area contributed by atoms with Crippen molar-refractivity contribution in [2.24, 2.45) is 7.05 Å². The summed E-state index contributed by atoms with van der Waals surface area (Å²) in [5.74, 6) is 0.792. The molecule has 0 radical (unpaired) electrons. The number of sulfonamides is 1. The molecule has 2 aromatic rings. The quantitative estimate of drug-likeness (QED) is 0.591. The molecule has 1 N–H and O–H groups in total. The number of amides is 1. The van der Waals surface area contributed by atoms with Gasteiger partial charge in [0.2, 0.25) is 15.9 Å². The van der Waals surface area contributed by atoms with Crippen molar-refractivity contribution >= 4 is 27.7 Å². The van der Waals surface area contributed by atoms with Crippen molar-refractivity contribution in [3.05, 3.63) is 24.3 Å². The number of aromatic nitrogens is 3. The summed E-state index contributed by atoms with van der Waals surface area (Å²) in [6, 6.07) is 6.72. The minimum Gasteiger partial charge on any atom is -0.376 e. The van der Waals surface area contributed by atoms with E-state index in [1.54, 1.807) is 24.3 Å². The number of benzene rings is 1.